The average molecular weight is 409 g/mol. The maximum Gasteiger partial charge on any atom is 0.498 e. The molecule has 8 nitrogen and oxygen atoms in total. The summed E-state index contributed by atoms with van der Waals surface area (Å²) in [5.74, 6) is 0.224. The first-order chi connectivity index (χ1) is 13.1. The molecule has 3 heterocycles. The van der Waals surface area contributed by atoms with E-state index in [0.29, 0.717) is 17.5 Å². The van der Waals surface area contributed by atoms with Crippen LogP contribution in [-0.4, -0.2) is 80.4 Å². The van der Waals surface area contributed by atoms with Gasteiger partial charge >= 0.3 is 7.12 Å². The molecule has 2 aliphatic rings. The van der Waals surface area contributed by atoms with Gasteiger partial charge < -0.3 is 24.4 Å². The zero-order chi connectivity index (χ0) is 20.5. The second kappa shape index (κ2) is 8.27. The zero-order valence-electron chi connectivity index (χ0n) is 16.8. The summed E-state index contributed by atoms with van der Waals surface area (Å²) in [7, 11) is -0.494. The number of thioether (sulfide) groups is 1. The van der Waals surface area contributed by atoms with Gasteiger partial charge in [-0.3, -0.25) is 4.79 Å². The third-order valence-electron chi connectivity index (χ3n) is 5.70. The Hall–Kier alpha value is -1.20. The van der Waals surface area contributed by atoms with Crippen molar-refractivity contribution in [1.82, 2.24) is 14.9 Å². The molecule has 2 atom stereocenters. The van der Waals surface area contributed by atoms with E-state index in [1.807, 2.05) is 27.7 Å². The minimum Gasteiger partial charge on any atom is -0.399 e. The van der Waals surface area contributed by atoms with Crippen LogP contribution in [0.15, 0.2) is 17.6 Å². The summed E-state index contributed by atoms with van der Waals surface area (Å²) in [6.07, 6.45) is 3.83. The molecule has 1 aromatic rings. The minimum atomic E-state index is -1.35. The smallest absolute Gasteiger partial charge is 0.399 e. The van der Waals surface area contributed by atoms with Crippen LogP contribution in [0.5, 0.6) is 0 Å². The van der Waals surface area contributed by atoms with Crippen molar-refractivity contribution in [3.63, 3.8) is 0 Å². The first-order valence-corrected chi connectivity index (χ1v) is 10.5. The standard InChI is InChI=1S/C18H28BN3O5S/c1-17(2)18(3,4)27-19(26-17)12-8-20-16(21-9-12)28-11-13-6-5-7-22(13)15(25)14(24)10-23/h8-9,13-14,23-24H,5-7,10-11H2,1-4H3/t13-,14-/m0/s1. The van der Waals surface area contributed by atoms with Gasteiger partial charge in [0, 0.05) is 36.2 Å². The first kappa shape index (κ1) is 21.5. The van der Waals surface area contributed by atoms with Crippen LogP contribution in [0.2, 0.25) is 0 Å². The molecule has 2 saturated heterocycles. The summed E-state index contributed by atoms with van der Waals surface area (Å²) in [5.41, 5.74) is -0.0579. The van der Waals surface area contributed by atoms with Crippen LogP contribution in [0, 0.1) is 0 Å². The highest BCUT2D eigenvalue weighted by atomic mass is 32.2. The lowest BCUT2D eigenvalue weighted by Gasteiger charge is -2.32. The molecule has 2 aliphatic heterocycles. The van der Waals surface area contributed by atoms with Crippen molar-refractivity contribution in [3.8, 4) is 0 Å². The predicted molar refractivity (Wildman–Crippen MR) is 106 cm³/mol. The summed E-state index contributed by atoms with van der Waals surface area (Å²) in [4.78, 5) is 22.6. The second-order valence-electron chi connectivity index (χ2n) is 8.22. The molecule has 0 saturated carbocycles. The molecule has 0 aromatic carbocycles. The Labute approximate surface area is 170 Å². The van der Waals surface area contributed by atoms with Gasteiger partial charge in [0.1, 0.15) is 0 Å². The Morgan fingerprint density at radius 3 is 2.50 bits per heavy atom. The number of carbonyl (C=O) groups is 1. The van der Waals surface area contributed by atoms with E-state index in [-0.39, 0.29) is 6.04 Å². The molecule has 1 aromatic heterocycles. The van der Waals surface area contributed by atoms with Crippen LogP contribution in [0.4, 0.5) is 0 Å². The molecular formula is C18H28BN3O5S. The van der Waals surface area contributed by atoms with Gasteiger partial charge in [0.05, 0.1) is 17.8 Å². The average Bonchev–Trinajstić information content (AvgIpc) is 3.20. The van der Waals surface area contributed by atoms with E-state index >= 15 is 0 Å². The maximum absolute atomic E-state index is 12.1. The highest BCUT2D eigenvalue weighted by Gasteiger charge is 2.52. The predicted octanol–water partition coefficient (Wildman–Crippen LogP) is 0.212. The van der Waals surface area contributed by atoms with Crippen LogP contribution in [0.1, 0.15) is 40.5 Å². The highest BCUT2D eigenvalue weighted by Crippen LogP contribution is 2.36. The lowest BCUT2D eigenvalue weighted by molar-refractivity contribution is -0.142. The number of aliphatic hydroxyl groups is 2. The van der Waals surface area contributed by atoms with Crippen LogP contribution in [-0.2, 0) is 14.1 Å². The third kappa shape index (κ3) is 4.36. The van der Waals surface area contributed by atoms with E-state index in [1.54, 1.807) is 17.3 Å². The number of hydrogen-bond donors (Lipinski definition) is 2. The molecule has 2 fully saturated rings. The zero-order valence-corrected chi connectivity index (χ0v) is 17.6. The second-order valence-corrected chi connectivity index (χ2v) is 9.21. The normalized spacial score (nSPS) is 24.6. The van der Waals surface area contributed by atoms with E-state index in [0.717, 1.165) is 18.3 Å². The first-order valence-electron chi connectivity index (χ1n) is 9.54. The van der Waals surface area contributed by atoms with Crippen LogP contribution in [0.25, 0.3) is 0 Å². The molecule has 154 valence electrons. The van der Waals surface area contributed by atoms with E-state index in [1.165, 1.54) is 11.8 Å². The molecule has 0 radical (unpaired) electrons. The number of carbonyl (C=O) groups excluding carboxylic acids is 1. The van der Waals surface area contributed by atoms with Crippen LogP contribution in [0.3, 0.4) is 0 Å². The SMILES string of the molecule is CC1(C)OB(c2cnc(SC[C@@H]3CCCN3C(=O)[C@@H](O)CO)nc2)OC1(C)C. The Morgan fingerprint density at radius 1 is 1.32 bits per heavy atom. The molecule has 0 aliphatic carbocycles. The van der Waals surface area contributed by atoms with E-state index < -0.39 is 36.9 Å². The fraction of sp³-hybridized carbons (Fsp3) is 0.722. The number of aliphatic hydroxyl groups excluding tert-OH is 2. The summed E-state index contributed by atoms with van der Waals surface area (Å²) in [5, 5.41) is 19.2. The van der Waals surface area contributed by atoms with Crippen molar-refractivity contribution in [2.45, 2.75) is 69.0 Å². The molecule has 0 unspecified atom stereocenters. The molecule has 0 spiro atoms. The summed E-state index contributed by atoms with van der Waals surface area (Å²) in [6, 6.07) is 0.00470. The number of amides is 1. The third-order valence-corrected chi connectivity index (χ3v) is 6.72. The van der Waals surface area contributed by atoms with Crippen LogP contribution < -0.4 is 5.46 Å². The molecule has 2 N–H and O–H groups in total. The van der Waals surface area contributed by atoms with Gasteiger partial charge in [-0.05, 0) is 40.5 Å². The van der Waals surface area contributed by atoms with Gasteiger partial charge in [-0.15, -0.1) is 0 Å². The van der Waals surface area contributed by atoms with Crippen molar-refractivity contribution in [2.24, 2.45) is 0 Å². The molecular weight excluding hydrogens is 381 g/mol. The van der Waals surface area contributed by atoms with E-state index in [9.17, 15) is 9.90 Å². The minimum absolute atomic E-state index is 0.00470. The Morgan fingerprint density at radius 2 is 1.93 bits per heavy atom. The fourth-order valence-electron chi connectivity index (χ4n) is 3.24. The van der Waals surface area contributed by atoms with Crippen LogP contribution >= 0.6 is 11.8 Å². The Balaban J connectivity index is 1.57. The Bertz CT molecular complexity index is 687. The van der Waals surface area contributed by atoms with E-state index in [4.69, 9.17) is 14.4 Å². The van der Waals surface area contributed by atoms with Gasteiger partial charge in [-0.25, -0.2) is 9.97 Å². The fourth-order valence-corrected chi connectivity index (χ4v) is 4.18. The summed E-state index contributed by atoms with van der Waals surface area (Å²) >= 11 is 1.47. The summed E-state index contributed by atoms with van der Waals surface area (Å²) in [6.45, 7) is 8.04. The van der Waals surface area contributed by atoms with Crippen molar-refractivity contribution in [2.75, 3.05) is 18.9 Å². The van der Waals surface area contributed by atoms with Crippen molar-refractivity contribution in [3.05, 3.63) is 12.4 Å². The molecule has 0 bridgehead atoms. The largest absolute Gasteiger partial charge is 0.498 e. The Kier molecular flexibility index (Phi) is 6.36. The monoisotopic (exact) mass is 409 g/mol. The van der Waals surface area contributed by atoms with Gasteiger partial charge in [-0.1, -0.05) is 11.8 Å². The topological polar surface area (TPSA) is 105 Å². The number of hydrogen-bond acceptors (Lipinski definition) is 8. The quantitative estimate of drug-likeness (QED) is 0.391. The molecule has 10 heteroatoms. The van der Waals surface area contributed by atoms with Gasteiger partial charge in [0.2, 0.25) is 0 Å². The van der Waals surface area contributed by atoms with E-state index in [2.05, 4.69) is 9.97 Å². The number of likely N-dealkylation sites (tertiary alicyclic amines) is 1. The van der Waals surface area contributed by atoms with Gasteiger partial charge in [-0.2, -0.15) is 0 Å². The summed E-state index contributed by atoms with van der Waals surface area (Å²) < 4.78 is 12.0. The van der Waals surface area contributed by atoms with Crippen molar-refractivity contribution < 1.29 is 24.3 Å². The molecule has 1 amide bonds. The lowest BCUT2D eigenvalue weighted by Crippen LogP contribution is -2.44. The van der Waals surface area contributed by atoms with Gasteiger partial charge in [0.15, 0.2) is 11.3 Å². The van der Waals surface area contributed by atoms with Gasteiger partial charge in [0.25, 0.3) is 5.91 Å². The lowest BCUT2D eigenvalue weighted by atomic mass is 9.81. The highest BCUT2D eigenvalue weighted by molar-refractivity contribution is 7.99. The number of nitrogens with zero attached hydrogens (tertiary/aromatic N) is 3. The van der Waals surface area contributed by atoms with Crippen molar-refractivity contribution >= 4 is 30.3 Å². The molecule has 3 rings (SSSR count). The number of rotatable bonds is 6. The number of aromatic nitrogens is 2. The van der Waals surface area contributed by atoms with Crippen molar-refractivity contribution in [1.29, 1.82) is 0 Å². The maximum atomic E-state index is 12.1. The molecule has 28 heavy (non-hydrogen) atoms.